The molecule has 1 fully saturated rings. The van der Waals surface area contributed by atoms with Gasteiger partial charge in [0.15, 0.2) is 0 Å². The number of amides is 1. The third kappa shape index (κ3) is 4.07. The van der Waals surface area contributed by atoms with Gasteiger partial charge in [-0.2, -0.15) is 0 Å². The number of benzene rings is 2. The summed E-state index contributed by atoms with van der Waals surface area (Å²) in [7, 11) is 3.16. The number of rotatable bonds is 5. The van der Waals surface area contributed by atoms with Crippen molar-refractivity contribution >= 4 is 34.4 Å². The van der Waals surface area contributed by atoms with E-state index in [1.54, 1.807) is 30.7 Å². The predicted molar refractivity (Wildman–Crippen MR) is 129 cm³/mol. The Balaban J connectivity index is 1.56. The van der Waals surface area contributed by atoms with Gasteiger partial charge in [-0.3, -0.25) is 9.59 Å². The molecule has 0 spiro atoms. The molecule has 2 heterocycles. The fraction of sp³-hybridized carbons (Fsp3) is 0.385. The number of carbonyl (C=O) groups excluding carboxylic acids is 2. The number of halogens is 2. The quantitative estimate of drug-likeness (QED) is 0.516. The number of carbonyl (C=O) groups is 2. The van der Waals surface area contributed by atoms with E-state index in [1.807, 2.05) is 31.2 Å². The standard InChI is InChI=1S/C26H28ClFN2O4/c1-15-13-20-19(22(27)23(15)28)14-21(30(20)3)24(31)29-16(2)17-5-7-18(8-6-17)26(25(32)33-4)9-11-34-12-10-26/h5-8,13-14,16H,9-12H2,1-4H3,(H,29,31)/t16-/m1/s1. The Morgan fingerprint density at radius 3 is 2.47 bits per heavy atom. The van der Waals surface area contributed by atoms with E-state index < -0.39 is 11.2 Å². The molecule has 1 aromatic heterocycles. The van der Waals surface area contributed by atoms with E-state index >= 15 is 0 Å². The first-order valence-electron chi connectivity index (χ1n) is 11.2. The highest BCUT2D eigenvalue weighted by Crippen LogP contribution is 2.37. The van der Waals surface area contributed by atoms with Crippen LogP contribution < -0.4 is 5.32 Å². The predicted octanol–water partition coefficient (Wildman–Crippen LogP) is 4.99. The Labute approximate surface area is 203 Å². The van der Waals surface area contributed by atoms with Crippen LogP contribution in [0.1, 0.15) is 53.0 Å². The molecule has 34 heavy (non-hydrogen) atoms. The van der Waals surface area contributed by atoms with E-state index in [0.29, 0.717) is 48.2 Å². The summed E-state index contributed by atoms with van der Waals surface area (Å²) in [6.07, 6.45) is 1.13. The topological polar surface area (TPSA) is 69.6 Å². The number of nitrogens with one attached hydrogen (secondary N) is 1. The van der Waals surface area contributed by atoms with E-state index in [2.05, 4.69) is 5.32 Å². The first-order chi connectivity index (χ1) is 16.2. The zero-order valence-corrected chi connectivity index (χ0v) is 20.5. The average molecular weight is 487 g/mol. The van der Waals surface area contributed by atoms with Crippen molar-refractivity contribution in [3.05, 3.63) is 69.6 Å². The van der Waals surface area contributed by atoms with Gasteiger partial charge < -0.3 is 19.4 Å². The van der Waals surface area contributed by atoms with Crippen molar-refractivity contribution in [2.45, 2.75) is 38.1 Å². The van der Waals surface area contributed by atoms with Crippen LogP contribution in [0.3, 0.4) is 0 Å². The van der Waals surface area contributed by atoms with Gasteiger partial charge in [0, 0.05) is 25.6 Å². The molecular formula is C26H28ClFN2O4. The van der Waals surface area contributed by atoms with Crippen molar-refractivity contribution in [3.63, 3.8) is 0 Å². The summed E-state index contributed by atoms with van der Waals surface area (Å²) in [5.41, 5.74) is 2.56. The van der Waals surface area contributed by atoms with Crippen LogP contribution in [0.2, 0.25) is 5.02 Å². The largest absolute Gasteiger partial charge is 0.468 e. The Morgan fingerprint density at radius 2 is 1.85 bits per heavy atom. The molecule has 3 aromatic rings. The summed E-state index contributed by atoms with van der Waals surface area (Å²) in [5, 5.41) is 3.51. The number of esters is 1. The van der Waals surface area contributed by atoms with Crippen LogP contribution in [0.25, 0.3) is 10.9 Å². The number of hydrogen-bond donors (Lipinski definition) is 1. The summed E-state index contributed by atoms with van der Waals surface area (Å²) in [4.78, 5) is 25.7. The maximum absolute atomic E-state index is 14.2. The first-order valence-corrected chi connectivity index (χ1v) is 11.6. The van der Waals surface area contributed by atoms with Crippen LogP contribution in [-0.2, 0) is 26.7 Å². The normalized spacial score (nSPS) is 16.3. The molecular weight excluding hydrogens is 459 g/mol. The number of hydrogen-bond acceptors (Lipinski definition) is 4. The van der Waals surface area contributed by atoms with Gasteiger partial charge in [0.25, 0.3) is 5.91 Å². The second-order valence-corrected chi connectivity index (χ2v) is 9.22. The van der Waals surface area contributed by atoms with Gasteiger partial charge in [-0.1, -0.05) is 35.9 Å². The Bertz CT molecular complexity index is 1250. The lowest BCUT2D eigenvalue weighted by Gasteiger charge is -2.35. The van der Waals surface area contributed by atoms with Crippen molar-refractivity contribution in [3.8, 4) is 0 Å². The zero-order valence-electron chi connectivity index (χ0n) is 19.7. The molecule has 0 aliphatic carbocycles. The monoisotopic (exact) mass is 486 g/mol. The zero-order chi connectivity index (χ0) is 24.6. The molecule has 8 heteroatoms. The molecule has 1 amide bonds. The van der Waals surface area contributed by atoms with Crippen LogP contribution in [0.15, 0.2) is 36.4 Å². The Hall–Kier alpha value is -2.90. The fourth-order valence-corrected chi connectivity index (χ4v) is 5.02. The minimum absolute atomic E-state index is 0.0148. The van der Waals surface area contributed by atoms with Gasteiger partial charge in [-0.15, -0.1) is 0 Å². The van der Waals surface area contributed by atoms with Gasteiger partial charge in [-0.25, -0.2) is 4.39 Å². The minimum Gasteiger partial charge on any atom is -0.468 e. The lowest BCUT2D eigenvalue weighted by Crippen LogP contribution is -2.42. The van der Waals surface area contributed by atoms with Crippen LogP contribution in [0.5, 0.6) is 0 Å². The number of nitrogens with zero attached hydrogens (tertiary/aromatic N) is 1. The van der Waals surface area contributed by atoms with Crippen molar-refractivity contribution in [1.82, 2.24) is 9.88 Å². The van der Waals surface area contributed by atoms with Gasteiger partial charge >= 0.3 is 5.97 Å². The third-order valence-corrected chi connectivity index (χ3v) is 7.24. The number of fused-ring (bicyclic) bond motifs is 1. The Kier molecular flexibility index (Phi) is 6.69. The Morgan fingerprint density at radius 1 is 1.21 bits per heavy atom. The molecule has 2 aromatic carbocycles. The highest BCUT2D eigenvalue weighted by atomic mass is 35.5. The average Bonchev–Trinajstić information content (AvgIpc) is 3.18. The summed E-state index contributed by atoms with van der Waals surface area (Å²) in [6.45, 7) is 4.53. The molecule has 1 aliphatic rings. The molecule has 6 nitrogen and oxygen atoms in total. The molecule has 0 radical (unpaired) electrons. The minimum atomic E-state index is -0.714. The van der Waals surface area contributed by atoms with Gasteiger partial charge in [0.05, 0.1) is 29.1 Å². The highest BCUT2D eigenvalue weighted by Gasteiger charge is 2.42. The molecule has 0 unspecified atom stereocenters. The molecule has 1 aliphatic heterocycles. The first kappa shape index (κ1) is 24.2. The van der Waals surface area contributed by atoms with E-state index in [-0.39, 0.29) is 22.9 Å². The maximum atomic E-state index is 14.2. The third-order valence-electron chi connectivity index (χ3n) is 6.87. The number of aryl methyl sites for hydroxylation is 2. The summed E-state index contributed by atoms with van der Waals surface area (Å²) >= 11 is 6.18. The molecule has 1 saturated heterocycles. The summed E-state index contributed by atoms with van der Waals surface area (Å²) < 4.78 is 26.5. The molecule has 0 saturated carbocycles. The second kappa shape index (κ2) is 9.39. The van der Waals surface area contributed by atoms with Gasteiger partial charge in [0.2, 0.25) is 0 Å². The summed E-state index contributed by atoms with van der Waals surface area (Å²) in [5.74, 6) is -1.03. The van der Waals surface area contributed by atoms with Crippen LogP contribution >= 0.6 is 11.6 Å². The highest BCUT2D eigenvalue weighted by molar-refractivity contribution is 6.36. The molecule has 180 valence electrons. The van der Waals surface area contributed by atoms with Crippen LogP contribution in [0, 0.1) is 12.7 Å². The molecule has 4 rings (SSSR count). The number of ether oxygens (including phenoxy) is 2. The van der Waals surface area contributed by atoms with Crippen molar-refractivity contribution < 1.29 is 23.5 Å². The molecule has 1 atom stereocenters. The van der Waals surface area contributed by atoms with Gasteiger partial charge in [-0.05, 0) is 55.5 Å². The van der Waals surface area contributed by atoms with Crippen LogP contribution in [-0.4, -0.2) is 36.8 Å². The van der Waals surface area contributed by atoms with E-state index in [4.69, 9.17) is 21.1 Å². The molecule has 0 bridgehead atoms. The van der Waals surface area contributed by atoms with E-state index in [0.717, 1.165) is 11.1 Å². The van der Waals surface area contributed by atoms with E-state index in [9.17, 15) is 14.0 Å². The van der Waals surface area contributed by atoms with Crippen molar-refractivity contribution in [1.29, 1.82) is 0 Å². The smallest absolute Gasteiger partial charge is 0.316 e. The van der Waals surface area contributed by atoms with Crippen molar-refractivity contribution in [2.24, 2.45) is 7.05 Å². The maximum Gasteiger partial charge on any atom is 0.316 e. The lowest BCUT2D eigenvalue weighted by molar-refractivity contribution is -0.151. The van der Waals surface area contributed by atoms with Gasteiger partial charge in [0.1, 0.15) is 11.5 Å². The lowest BCUT2D eigenvalue weighted by atomic mass is 9.74. The van der Waals surface area contributed by atoms with Crippen LogP contribution in [0.4, 0.5) is 4.39 Å². The van der Waals surface area contributed by atoms with E-state index in [1.165, 1.54) is 7.11 Å². The van der Waals surface area contributed by atoms with Crippen molar-refractivity contribution in [2.75, 3.05) is 20.3 Å². The second-order valence-electron chi connectivity index (χ2n) is 8.85. The summed E-state index contributed by atoms with van der Waals surface area (Å²) in [6, 6.07) is 10.7. The number of aromatic nitrogens is 1. The molecule has 1 N–H and O–H groups in total. The number of methoxy groups -OCH3 is 1. The fourth-order valence-electron chi connectivity index (χ4n) is 4.72. The SMILES string of the molecule is COC(=O)C1(c2ccc([C@@H](C)NC(=O)c3cc4c(Cl)c(F)c(C)cc4n3C)cc2)CCOCC1.